The summed E-state index contributed by atoms with van der Waals surface area (Å²) in [6.07, 6.45) is 0.562. The average molecular weight is 395 g/mol. The molecule has 0 aliphatic carbocycles. The number of imidazole rings is 1. The predicted molar refractivity (Wildman–Crippen MR) is 93.7 cm³/mol. The molecule has 0 amide bonds. The molecule has 142 valence electrons. The molecular formula is C18H16F3N3O2S. The van der Waals surface area contributed by atoms with Crippen molar-refractivity contribution in [3.63, 3.8) is 0 Å². The van der Waals surface area contributed by atoms with Crippen LogP contribution in [0, 0.1) is 0 Å². The van der Waals surface area contributed by atoms with E-state index in [1.54, 1.807) is 42.3 Å². The van der Waals surface area contributed by atoms with E-state index in [0.29, 0.717) is 5.56 Å². The molecule has 0 bridgehead atoms. The van der Waals surface area contributed by atoms with Crippen LogP contribution in [-0.2, 0) is 16.2 Å². The highest BCUT2D eigenvalue weighted by atomic mass is 32.2. The van der Waals surface area contributed by atoms with Crippen molar-refractivity contribution in [2.75, 3.05) is 0 Å². The van der Waals surface area contributed by atoms with Crippen LogP contribution in [0.3, 0.4) is 0 Å². The molecule has 2 aromatic carbocycles. The molecule has 3 rings (SSSR count). The summed E-state index contributed by atoms with van der Waals surface area (Å²) in [5.74, 6) is 0. The third-order valence-electron chi connectivity index (χ3n) is 4.02. The summed E-state index contributed by atoms with van der Waals surface area (Å²) in [5, 5.41) is 0. The van der Waals surface area contributed by atoms with Crippen LogP contribution in [0.2, 0.25) is 0 Å². The van der Waals surface area contributed by atoms with Crippen molar-refractivity contribution in [1.82, 2.24) is 14.3 Å². The Morgan fingerprint density at radius 2 is 1.67 bits per heavy atom. The van der Waals surface area contributed by atoms with Gasteiger partial charge < -0.3 is 4.57 Å². The quantitative estimate of drug-likeness (QED) is 0.712. The van der Waals surface area contributed by atoms with E-state index in [9.17, 15) is 21.6 Å². The van der Waals surface area contributed by atoms with Crippen LogP contribution in [0.15, 0.2) is 72.1 Å². The molecule has 0 spiro atoms. The summed E-state index contributed by atoms with van der Waals surface area (Å²) < 4.78 is 67.0. The Morgan fingerprint density at radius 3 is 2.19 bits per heavy atom. The van der Waals surface area contributed by atoms with Crippen LogP contribution in [0.25, 0.3) is 5.69 Å². The van der Waals surface area contributed by atoms with Gasteiger partial charge >= 0.3 is 6.18 Å². The van der Waals surface area contributed by atoms with E-state index in [4.69, 9.17) is 0 Å². The minimum Gasteiger partial charge on any atom is -0.306 e. The fraction of sp³-hybridized carbons (Fsp3) is 0.167. The number of nitrogens with zero attached hydrogens (tertiary/aromatic N) is 2. The highest BCUT2D eigenvalue weighted by Gasteiger charge is 2.30. The number of alkyl halides is 3. The Bertz CT molecular complexity index is 998. The molecule has 9 heteroatoms. The third-order valence-corrected chi connectivity index (χ3v) is 5.58. The van der Waals surface area contributed by atoms with Gasteiger partial charge in [-0.25, -0.2) is 18.1 Å². The van der Waals surface area contributed by atoms with E-state index in [2.05, 4.69) is 9.71 Å². The Kier molecular flexibility index (Phi) is 5.07. The van der Waals surface area contributed by atoms with E-state index in [-0.39, 0.29) is 4.90 Å². The van der Waals surface area contributed by atoms with E-state index >= 15 is 0 Å². The Hall–Kier alpha value is -2.65. The van der Waals surface area contributed by atoms with E-state index < -0.39 is 27.8 Å². The number of sulfonamides is 1. The maximum Gasteiger partial charge on any atom is 0.416 e. The molecule has 1 unspecified atom stereocenters. The third kappa shape index (κ3) is 4.37. The summed E-state index contributed by atoms with van der Waals surface area (Å²) in [4.78, 5) is 3.74. The number of benzene rings is 2. The van der Waals surface area contributed by atoms with Crippen molar-refractivity contribution in [3.8, 4) is 5.69 Å². The van der Waals surface area contributed by atoms with Crippen molar-refractivity contribution < 1.29 is 21.6 Å². The lowest BCUT2D eigenvalue weighted by Crippen LogP contribution is -2.27. The van der Waals surface area contributed by atoms with Gasteiger partial charge in [0, 0.05) is 24.1 Å². The van der Waals surface area contributed by atoms with Gasteiger partial charge in [-0.05, 0) is 48.9 Å². The number of hydrogen-bond acceptors (Lipinski definition) is 3. The van der Waals surface area contributed by atoms with Crippen LogP contribution in [-0.4, -0.2) is 18.0 Å². The zero-order chi connectivity index (χ0) is 19.7. The van der Waals surface area contributed by atoms with Crippen LogP contribution in [0.5, 0.6) is 0 Å². The van der Waals surface area contributed by atoms with Crippen LogP contribution in [0.1, 0.15) is 24.1 Å². The molecule has 1 aromatic heterocycles. The molecular weight excluding hydrogens is 379 g/mol. The molecule has 0 saturated heterocycles. The first-order chi connectivity index (χ1) is 12.7. The molecule has 1 N–H and O–H groups in total. The van der Waals surface area contributed by atoms with E-state index in [1.165, 1.54) is 0 Å². The standard InChI is InChI=1S/C18H16F3N3O2S/c1-13(14-2-6-16(7-3-14)24-11-10-22-12-24)23-27(25,26)17-8-4-15(5-9-17)18(19,20)21/h2-13,23H,1H3. The zero-order valence-electron chi connectivity index (χ0n) is 14.2. The molecule has 5 nitrogen and oxygen atoms in total. The van der Waals surface area contributed by atoms with Gasteiger partial charge in [-0.15, -0.1) is 0 Å². The fourth-order valence-corrected chi connectivity index (χ4v) is 3.77. The number of aromatic nitrogens is 2. The van der Waals surface area contributed by atoms with E-state index in [1.807, 2.05) is 12.1 Å². The highest BCUT2D eigenvalue weighted by molar-refractivity contribution is 7.89. The van der Waals surface area contributed by atoms with Gasteiger partial charge in [-0.3, -0.25) is 0 Å². The SMILES string of the molecule is CC(NS(=O)(=O)c1ccc(C(F)(F)F)cc1)c1ccc(-n2ccnc2)cc1. The average Bonchev–Trinajstić information content (AvgIpc) is 3.15. The van der Waals surface area contributed by atoms with Crippen molar-refractivity contribution in [3.05, 3.63) is 78.4 Å². The molecule has 1 heterocycles. The topological polar surface area (TPSA) is 64.0 Å². The predicted octanol–water partition coefficient (Wildman–Crippen LogP) is 3.93. The number of halogens is 3. The second-order valence-corrected chi connectivity index (χ2v) is 7.64. The Labute approximate surface area is 154 Å². The minimum atomic E-state index is -4.51. The summed E-state index contributed by atoms with van der Waals surface area (Å²) in [7, 11) is -3.96. The van der Waals surface area contributed by atoms with Gasteiger partial charge in [0.05, 0.1) is 16.8 Å². The Balaban J connectivity index is 1.75. The van der Waals surface area contributed by atoms with Crippen LogP contribution < -0.4 is 4.72 Å². The van der Waals surface area contributed by atoms with Gasteiger partial charge in [-0.1, -0.05) is 12.1 Å². The van der Waals surface area contributed by atoms with Crippen LogP contribution >= 0.6 is 0 Å². The van der Waals surface area contributed by atoms with Gasteiger partial charge in [-0.2, -0.15) is 13.2 Å². The maximum atomic E-state index is 12.6. The lowest BCUT2D eigenvalue weighted by Gasteiger charge is -2.16. The summed E-state index contributed by atoms with van der Waals surface area (Å²) >= 11 is 0. The van der Waals surface area contributed by atoms with Crippen molar-refractivity contribution in [1.29, 1.82) is 0 Å². The first-order valence-electron chi connectivity index (χ1n) is 7.95. The van der Waals surface area contributed by atoms with Crippen molar-refractivity contribution >= 4 is 10.0 Å². The van der Waals surface area contributed by atoms with Gasteiger partial charge in [0.1, 0.15) is 0 Å². The second kappa shape index (κ2) is 7.16. The molecule has 27 heavy (non-hydrogen) atoms. The number of nitrogens with one attached hydrogen (secondary N) is 1. The second-order valence-electron chi connectivity index (χ2n) is 5.93. The Morgan fingerprint density at radius 1 is 1.04 bits per heavy atom. The monoisotopic (exact) mass is 395 g/mol. The molecule has 0 radical (unpaired) electrons. The summed E-state index contributed by atoms with van der Waals surface area (Å²) in [6, 6.07) is 10.0. The normalized spacial score (nSPS) is 13.5. The van der Waals surface area contributed by atoms with Crippen molar-refractivity contribution in [2.45, 2.75) is 24.0 Å². The molecule has 1 atom stereocenters. The molecule has 0 saturated carbocycles. The molecule has 0 aliphatic rings. The largest absolute Gasteiger partial charge is 0.416 e. The smallest absolute Gasteiger partial charge is 0.306 e. The molecule has 0 aliphatic heterocycles. The highest BCUT2D eigenvalue weighted by Crippen LogP contribution is 2.30. The first kappa shape index (κ1) is 19.1. The van der Waals surface area contributed by atoms with Gasteiger partial charge in [0.25, 0.3) is 0 Å². The fourth-order valence-electron chi connectivity index (χ4n) is 2.54. The van der Waals surface area contributed by atoms with E-state index in [0.717, 1.165) is 30.0 Å². The maximum absolute atomic E-state index is 12.6. The zero-order valence-corrected chi connectivity index (χ0v) is 15.0. The summed E-state index contributed by atoms with van der Waals surface area (Å²) in [6.45, 7) is 1.66. The van der Waals surface area contributed by atoms with Gasteiger partial charge in [0.15, 0.2) is 0 Å². The number of hydrogen-bond donors (Lipinski definition) is 1. The lowest BCUT2D eigenvalue weighted by atomic mass is 10.1. The minimum absolute atomic E-state index is 0.225. The number of rotatable bonds is 5. The van der Waals surface area contributed by atoms with Crippen molar-refractivity contribution in [2.24, 2.45) is 0 Å². The van der Waals surface area contributed by atoms with Gasteiger partial charge in [0.2, 0.25) is 10.0 Å². The molecule has 3 aromatic rings. The molecule has 0 fully saturated rings. The van der Waals surface area contributed by atoms with Crippen LogP contribution in [0.4, 0.5) is 13.2 Å². The summed E-state index contributed by atoms with van der Waals surface area (Å²) in [5.41, 5.74) is 0.688. The first-order valence-corrected chi connectivity index (χ1v) is 9.43. The lowest BCUT2D eigenvalue weighted by molar-refractivity contribution is -0.137.